The van der Waals surface area contributed by atoms with Crippen LogP contribution in [-0.2, 0) is 19.2 Å². The Morgan fingerprint density at radius 3 is 2.72 bits per heavy atom. The molecule has 1 rings (SSSR count). The first-order valence-electron chi connectivity index (χ1n) is 5.43. The van der Waals surface area contributed by atoms with Crippen LogP contribution in [0, 0.1) is 0 Å². The molecule has 0 saturated carbocycles. The molecule has 0 aromatic heterocycles. The number of hydrogen-bond acceptors (Lipinski definition) is 5. The van der Waals surface area contributed by atoms with E-state index in [0.29, 0.717) is 6.54 Å². The summed E-state index contributed by atoms with van der Waals surface area (Å²) in [4.78, 5) is 39.7. The lowest BCUT2D eigenvalue weighted by molar-refractivity contribution is -0.135. The molecule has 100 valence electrons. The molecule has 8 nitrogen and oxygen atoms in total. The number of hydrogen-bond donors (Lipinski definition) is 2. The smallest absolute Gasteiger partial charge is 0.353 e. The molecule has 1 atom stereocenters. The van der Waals surface area contributed by atoms with Gasteiger partial charge in [-0.3, -0.25) is 9.59 Å². The lowest BCUT2D eigenvalue weighted by Crippen LogP contribution is -2.42. The number of carbonyl (C=O) groups excluding carboxylic acids is 2. The van der Waals surface area contributed by atoms with Gasteiger partial charge >= 0.3 is 5.97 Å². The first-order valence-corrected chi connectivity index (χ1v) is 5.43. The number of oxime groups is 1. The van der Waals surface area contributed by atoms with E-state index in [-0.39, 0.29) is 24.6 Å². The van der Waals surface area contributed by atoms with Crippen molar-refractivity contribution in [1.29, 1.82) is 0 Å². The summed E-state index contributed by atoms with van der Waals surface area (Å²) in [6.07, 6.45) is -1.07. The van der Waals surface area contributed by atoms with Crippen LogP contribution in [0.2, 0.25) is 0 Å². The molecular formula is C10H15N3O5. The predicted octanol–water partition coefficient (Wildman–Crippen LogP) is -1.19. The van der Waals surface area contributed by atoms with Gasteiger partial charge in [0.15, 0.2) is 5.71 Å². The number of likely N-dealkylation sites (N-methyl/N-ethyl adjacent to an activating group) is 1. The number of carboxylic acids is 1. The van der Waals surface area contributed by atoms with Crippen molar-refractivity contribution in [2.45, 2.75) is 19.4 Å². The summed E-state index contributed by atoms with van der Waals surface area (Å²) in [6.45, 7) is 2.21. The molecule has 0 aromatic rings. The van der Waals surface area contributed by atoms with Crippen molar-refractivity contribution in [3.05, 3.63) is 0 Å². The van der Waals surface area contributed by atoms with Crippen LogP contribution >= 0.6 is 0 Å². The summed E-state index contributed by atoms with van der Waals surface area (Å²) in [5.41, 5.74) is -0.202. The van der Waals surface area contributed by atoms with Gasteiger partial charge in [0.25, 0.3) is 5.91 Å². The highest BCUT2D eigenvalue weighted by Gasteiger charge is 2.31. The maximum absolute atomic E-state index is 11.6. The fourth-order valence-electron chi connectivity index (χ4n) is 1.23. The van der Waals surface area contributed by atoms with E-state index >= 15 is 0 Å². The minimum atomic E-state index is -1.22. The molecule has 0 radical (unpaired) electrons. The van der Waals surface area contributed by atoms with E-state index in [1.54, 1.807) is 7.05 Å². The van der Waals surface area contributed by atoms with E-state index in [1.807, 2.05) is 6.92 Å². The van der Waals surface area contributed by atoms with Gasteiger partial charge in [0, 0.05) is 20.0 Å². The Hall–Kier alpha value is -2.12. The summed E-state index contributed by atoms with van der Waals surface area (Å²) in [5.74, 6) is -2.00. The zero-order valence-corrected chi connectivity index (χ0v) is 10.2. The van der Waals surface area contributed by atoms with E-state index in [4.69, 9.17) is 5.11 Å². The van der Waals surface area contributed by atoms with Crippen LogP contribution in [0.5, 0.6) is 0 Å². The average molecular weight is 257 g/mol. The second-order valence-electron chi connectivity index (χ2n) is 3.77. The number of nitrogens with zero attached hydrogens (tertiary/aromatic N) is 2. The average Bonchev–Trinajstić information content (AvgIpc) is 2.84. The third-order valence-electron chi connectivity index (χ3n) is 2.52. The second-order valence-corrected chi connectivity index (χ2v) is 3.77. The molecule has 18 heavy (non-hydrogen) atoms. The number of aliphatic carboxylic acids is 1. The van der Waals surface area contributed by atoms with Gasteiger partial charge in [0.05, 0.1) is 6.54 Å². The Bertz CT molecular complexity index is 393. The molecule has 1 unspecified atom stereocenters. The Morgan fingerprint density at radius 2 is 2.22 bits per heavy atom. The highest BCUT2D eigenvalue weighted by molar-refractivity contribution is 6.36. The number of rotatable bonds is 5. The Kier molecular flexibility index (Phi) is 4.64. The van der Waals surface area contributed by atoms with E-state index in [2.05, 4.69) is 15.3 Å². The largest absolute Gasteiger partial charge is 0.477 e. The normalized spacial score (nSPS) is 17.7. The molecule has 0 fully saturated rings. The van der Waals surface area contributed by atoms with Gasteiger partial charge in [-0.1, -0.05) is 5.16 Å². The fourth-order valence-corrected chi connectivity index (χ4v) is 1.23. The number of nitrogens with one attached hydrogen (secondary N) is 1. The van der Waals surface area contributed by atoms with Gasteiger partial charge < -0.3 is 20.2 Å². The summed E-state index contributed by atoms with van der Waals surface area (Å²) in [5, 5.41) is 14.3. The molecule has 1 aliphatic rings. The van der Waals surface area contributed by atoms with Crippen LogP contribution in [-0.4, -0.2) is 59.7 Å². The summed E-state index contributed by atoms with van der Waals surface area (Å²) in [6, 6.07) is 0. The lowest BCUT2D eigenvalue weighted by atomic mass is 10.2. The van der Waals surface area contributed by atoms with Crippen LogP contribution < -0.4 is 5.32 Å². The van der Waals surface area contributed by atoms with Crippen LogP contribution in [0.1, 0.15) is 13.3 Å². The molecular weight excluding hydrogens is 242 g/mol. The van der Waals surface area contributed by atoms with E-state index in [1.165, 1.54) is 4.90 Å². The highest BCUT2D eigenvalue weighted by atomic mass is 16.6. The van der Waals surface area contributed by atoms with Gasteiger partial charge in [-0.05, 0) is 6.92 Å². The Balaban J connectivity index is 2.36. The fraction of sp³-hybridized carbons (Fsp3) is 0.600. The number of carboxylic acid groups (broad SMARTS) is 1. The van der Waals surface area contributed by atoms with Gasteiger partial charge in [-0.2, -0.15) is 0 Å². The Labute approximate surface area is 104 Å². The van der Waals surface area contributed by atoms with Gasteiger partial charge in [0.2, 0.25) is 12.0 Å². The van der Waals surface area contributed by atoms with Crippen molar-refractivity contribution in [1.82, 2.24) is 10.2 Å². The van der Waals surface area contributed by atoms with Crippen molar-refractivity contribution >= 4 is 23.5 Å². The molecule has 0 spiro atoms. The topological polar surface area (TPSA) is 108 Å². The van der Waals surface area contributed by atoms with Crippen LogP contribution in [0.4, 0.5) is 0 Å². The van der Waals surface area contributed by atoms with Gasteiger partial charge in [-0.25, -0.2) is 4.79 Å². The molecule has 0 aromatic carbocycles. The first kappa shape index (κ1) is 13.9. The molecule has 8 heteroatoms. The van der Waals surface area contributed by atoms with Crippen molar-refractivity contribution in [2.24, 2.45) is 5.16 Å². The zero-order valence-electron chi connectivity index (χ0n) is 10.2. The van der Waals surface area contributed by atoms with E-state index < -0.39 is 18.0 Å². The van der Waals surface area contributed by atoms with E-state index in [9.17, 15) is 14.4 Å². The summed E-state index contributed by atoms with van der Waals surface area (Å²) < 4.78 is 0. The maximum atomic E-state index is 11.6. The third-order valence-corrected chi connectivity index (χ3v) is 2.52. The lowest BCUT2D eigenvalue weighted by Gasteiger charge is -2.15. The highest BCUT2D eigenvalue weighted by Crippen LogP contribution is 2.10. The van der Waals surface area contributed by atoms with Crippen LogP contribution in [0.25, 0.3) is 0 Å². The molecule has 1 aliphatic heterocycles. The standard InChI is InChI=1S/C10H15N3O5/c1-3-13(2)8(14)5-11-9(15)7-4-6(10(16)17)12-18-7/h7H,3-5H2,1-2H3,(H,11,15)(H,16,17). The third kappa shape index (κ3) is 3.44. The number of amides is 2. The van der Waals surface area contributed by atoms with Crippen LogP contribution in [0.3, 0.4) is 0 Å². The molecule has 0 aliphatic carbocycles. The number of carbonyl (C=O) groups is 3. The van der Waals surface area contributed by atoms with Crippen LogP contribution in [0.15, 0.2) is 5.16 Å². The molecule has 1 heterocycles. The quantitative estimate of drug-likeness (QED) is 0.643. The monoisotopic (exact) mass is 257 g/mol. The maximum Gasteiger partial charge on any atom is 0.353 e. The van der Waals surface area contributed by atoms with Crippen molar-refractivity contribution in [3.8, 4) is 0 Å². The first-order chi connectivity index (χ1) is 8.45. The van der Waals surface area contributed by atoms with Crippen molar-refractivity contribution in [2.75, 3.05) is 20.1 Å². The van der Waals surface area contributed by atoms with E-state index in [0.717, 1.165) is 0 Å². The molecule has 0 bridgehead atoms. The minimum absolute atomic E-state index is 0.0982. The van der Waals surface area contributed by atoms with Gasteiger partial charge in [0.1, 0.15) is 0 Å². The summed E-state index contributed by atoms with van der Waals surface area (Å²) in [7, 11) is 1.62. The molecule has 0 saturated heterocycles. The summed E-state index contributed by atoms with van der Waals surface area (Å²) >= 11 is 0. The molecule has 2 N–H and O–H groups in total. The predicted molar refractivity (Wildman–Crippen MR) is 60.9 cm³/mol. The van der Waals surface area contributed by atoms with Crippen molar-refractivity contribution < 1.29 is 24.3 Å². The van der Waals surface area contributed by atoms with Crippen molar-refractivity contribution in [3.63, 3.8) is 0 Å². The Morgan fingerprint density at radius 1 is 1.56 bits per heavy atom. The molecule has 2 amide bonds. The van der Waals surface area contributed by atoms with Gasteiger partial charge in [-0.15, -0.1) is 0 Å². The minimum Gasteiger partial charge on any atom is -0.477 e. The zero-order chi connectivity index (χ0) is 13.7. The SMILES string of the molecule is CCN(C)C(=O)CNC(=O)C1CC(C(=O)O)=NO1. The second kappa shape index (κ2) is 5.99.